The van der Waals surface area contributed by atoms with Crippen LogP contribution < -0.4 is 0 Å². The van der Waals surface area contributed by atoms with Crippen molar-refractivity contribution in [3.63, 3.8) is 0 Å². The van der Waals surface area contributed by atoms with E-state index in [0.717, 1.165) is 12.2 Å². The number of rotatable bonds is 3. The molecule has 0 aromatic heterocycles. The summed E-state index contributed by atoms with van der Waals surface area (Å²) in [6.45, 7) is 13.5. The van der Waals surface area contributed by atoms with E-state index in [0.29, 0.717) is 0 Å². The number of hydrogen-bond donors (Lipinski definition) is 0. The molecule has 0 spiro atoms. The predicted molar refractivity (Wildman–Crippen MR) is 75.8 cm³/mol. The van der Waals surface area contributed by atoms with E-state index in [9.17, 15) is 0 Å². The summed E-state index contributed by atoms with van der Waals surface area (Å²) >= 11 is 0. The van der Waals surface area contributed by atoms with Gasteiger partial charge in [0.1, 0.15) is 11.4 Å². The van der Waals surface area contributed by atoms with Gasteiger partial charge in [-0.2, -0.15) is 0 Å². The van der Waals surface area contributed by atoms with E-state index >= 15 is 0 Å². The molecule has 1 unspecified atom stereocenters. The molecule has 0 aliphatic heterocycles. The molecule has 0 heterocycles. The van der Waals surface area contributed by atoms with Crippen molar-refractivity contribution in [3.05, 3.63) is 79.8 Å². The third kappa shape index (κ3) is 7.85. The molecule has 0 N–H and O–H groups in total. The van der Waals surface area contributed by atoms with Crippen molar-refractivity contribution in [2.24, 2.45) is 0 Å². The first-order valence-corrected chi connectivity index (χ1v) is 5.96. The minimum absolute atomic E-state index is 0. The summed E-state index contributed by atoms with van der Waals surface area (Å²) in [5.41, 5.74) is 0.823. The molecule has 5 nitrogen and oxygen atoms in total. The third-order valence-electron chi connectivity index (χ3n) is 2.99. The Hall–Kier alpha value is -1.80. The second-order valence-corrected chi connectivity index (χ2v) is 3.81. The van der Waals surface area contributed by atoms with Crippen molar-refractivity contribution < 1.29 is 40.5 Å². The normalized spacial score (nSPS) is 17.0. The summed E-state index contributed by atoms with van der Waals surface area (Å²) in [6, 6.07) is 10.2. The van der Waals surface area contributed by atoms with Crippen molar-refractivity contribution in [1.82, 2.24) is 0 Å². The molecular weight excluding hydrogens is 340 g/mol. The van der Waals surface area contributed by atoms with Gasteiger partial charge in [-0.3, -0.25) is 0 Å². The van der Waals surface area contributed by atoms with Gasteiger partial charge in [-0.15, -0.1) is 0 Å². The number of benzene rings is 1. The second-order valence-electron chi connectivity index (χ2n) is 3.81. The number of methoxy groups -OCH3 is 2. The molecule has 1 aliphatic carbocycles. The predicted octanol–water partition coefficient (Wildman–Crippen LogP) is 2.90. The van der Waals surface area contributed by atoms with Crippen LogP contribution >= 0.6 is 0 Å². The minimum Gasteiger partial charge on any atom is 0 e. The summed E-state index contributed by atoms with van der Waals surface area (Å²) in [5, 5.41) is 0. The molecule has 0 amide bonds. The van der Waals surface area contributed by atoms with Crippen LogP contribution in [0.4, 0.5) is 0 Å². The van der Waals surface area contributed by atoms with Crippen molar-refractivity contribution in [1.29, 1.82) is 0 Å². The first kappa shape index (κ1) is 26.1. The second kappa shape index (κ2) is 16.6. The van der Waals surface area contributed by atoms with Gasteiger partial charge in [0.25, 0.3) is 0 Å². The average molecular weight is 356 g/mol. The molecule has 1 aliphatic rings. The van der Waals surface area contributed by atoms with Gasteiger partial charge >= 0.3 is 33.9 Å². The molecule has 0 fully saturated rings. The molecule has 0 saturated heterocycles. The fraction of sp³-hybridized carbons (Fsp3) is 0.235. The molecule has 2 rings (SSSR count). The Morgan fingerprint density at radius 2 is 1.48 bits per heavy atom. The Morgan fingerprint density at radius 3 is 1.83 bits per heavy atom. The van der Waals surface area contributed by atoms with Gasteiger partial charge in [-0.25, -0.2) is 0 Å². The molecule has 1 atom stereocenters. The van der Waals surface area contributed by atoms with E-state index < -0.39 is 0 Å². The van der Waals surface area contributed by atoms with Gasteiger partial charge in [0.15, 0.2) is 0 Å². The standard InChI is InChI=1S/C14H16O2.3CO.Fe/c1-15-13-8-10-14(16-2,11-9-13)12-6-4-3-5-7-12;3*1-2;/h3-10H,11H2,1-2H3;;;;. The molecule has 6 heteroatoms. The van der Waals surface area contributed by atoms with E-state index in [-0.39, 0.29) is 22.7 Å². The third-order valence-corrected chi connectivity index (χ3v) is 2.99. The molecule has 1 aromatic carbocycles. The summed E-state index contributed by atoms with van der Waals surface area (Å²) in [7, 11) is 3.42. The van der Waals surface area contributed by atoms with Gasteiger partial charge in [-0.1, -0.05) is 30.3 Å². The number of allylic oxidation sites excluding steroid dienone is 1. The van der Waals surface area contributed by atoms with Crippen molar-refractivity contribution >= 4 is 0 Å². The van der Waals surface area contributed by atoms with Gasteiger partial charge in [-0.05, 0) is 23.8 Å². The first-order valence-electron chi connectivity index (χ1n) is 5.96. The van der Waals surface area contributed by atoms with Crippen LogP contribution in [0.25, 0.3) is 0 Å². The zero-order valence-corrected chi connectivity index (χ0v) is 13.8. The fourth-order valence-corrected chi connectivity index (χ4v) is 1.96. The van der Waals surface area contributed by atoms with E-state index in [4.69, 9.17) is 23.4 Å². The van der Waals surface area contributed by atoms with Crippen LogP contribution in [0.1, 0.15) is 12.0 Å². The van der Waals surface area contributed by atoms with Gasteiger partial charge in [0.05, 0.1) is 7.11 Å². The van der Waals surface area contributed by atoms with Crippen molar-refractivity contribution in [2.75, 3.05) is 14.2 Å². The first-order chi connectivity index (χ1) is 10.8. The molecular formula is C17H16FeO5. The average Bonchev–Trinajstić information content (AvgIpc) is 2.67. The molecule has 122 valence electrons. The Bertz CT molecular complexity index is 517. The Labute approximate surface area is 147 Å². The summed E-state index contributed by atoms with van der Waals surface area (Å²) in [6.07, 6.45) is 6.87. The van der Waals surface area contributed by atoms with E-state index in [1.54, 1.807) is 14.2 Å². The summed E-state index contributed by atoms with van der Waals surface area (Å²) in [5.74, 6) is 0.892. The quantitative estimate of drug-likeness (QED) is 0.474. The molecule has 1 aromatic rings. The van der Waals surface area contributed by atoms with Gasteiger partial charge in [0, 0.05) is 30.6 Å². The largest absolute Gasteiger partial charge is 0 e. The van der Waals surface area contributed by atoms with Crippen LogP contribution in [0, 0.1) is 20.0 Å². The molecule has 23 heavy (non-hydrogen) atoms. The van der Waals surface area contributed by atoms with E-state index in [2.05, 4.69) is 44.2 Å². The smallest absolute Gasteiger partial charge is 0 e. The maximum atomic E-state index is 7.50. The number of hydrogen-bond acceptors (Lipinski definition) is 2. The maximum absolute atomic E-state index is 7.50. The van der Waals surface area contributed by atoms with E-state index in [1.807, 2.05) is 24.3 Å². The van der Waals surface area contributed by atoms with Crippen LogP contribution in [0.3, 0.4) is 0 Å². The van der Waals surface area contributed by atoms with Crippen molar-refractivity contribution in [3.8, 4) is 0 Å². The van der Waals surface area contributed by atoms with Crippen LogP contribution in [-0.4, -0.2) is 14.2 Å². The minimum atomic E-state index is -0.344. The zero-order valence-electron chi connectivity index (χ0n) is 12.7. The zero-order chi connectivity index (χ0) is 17.4. The van der Waals surface area contributed by atoms with E-state index in [1.165, 1.54) is 5.56 Å². The Balaban J connectivity index is -0.000000514. The Morgan fingerprint density at radius 1 is 0.957 bits per heavy atom. The number of ether oxygens (including phenoxy) is 2. The van der Waals surface area contributed by atoms with Crippen LogP contribution in [-0.2, 0) is 46.1 Å². The summed E-state index contributed by atoms with van der Waals surface area (Å²) < 4.78 is 33.4. The van der Waals surface area contributed by atoms with Crippen LogP contribution in [0.2, 0.25) is 0 Å². The maximum Gasteiger partial charge on any atom is 0 e. The topological polar surface area (TPSA) is 78.2 Å². The molecule has 0 radical (unpaired) electrons. The monoisotopic (exact) mass is 356 g/mol. The van der Waals surface area contributed by atoms with Gasteiger partial charge in [0.2, 0.25) is 0 Å². The molecule has 0 bridgehead atoms. The SMILES string of the molecule is COC1=CCC(OC)(c2ccccc2)C=C1.[C-]#[O+].[C-]#[O+].[C-]#[O+].[Fe]. The van der Waals surface area contributed by atoms with Crippen molar-refractivity contribution in [2.45, 2.75) is 12.0 Å². The molecule has 0 saturated carbocycles. The summed E-state index contributed by atoms with van der Waals surface area (Å²) in [4.78, 5) is 0. The van der Waals surface area contributed by atoms with Crippen LogP contribution in [0.5, 0.6) is 0 Å². The van der Waals surface area contributed by atoms with Gasteiger partial charge < -0.3 is 9.47 Å². The van der Waals surface area contributed by atoms with Crippen LogP contribution in [0.15, 0.2) is 54.3 Å². The fourth-order valence-electron chi connectivity index (χ4n) is 1.96. The Kier molecular flexibility index (Phi) is 18.8.